The number of hydrogen-bond acceptors (Lipinski definition) is 4. The summed E-state index contributed by atoms with van der Waals surface area (Å²) in [4.78, 5) is 27.6. The van der Waals surface area contributed by atoms with E-state index in [4.69, 9.17) is 0 Å². The van der Waals surface area contributed by atoms with Crippen molar-refractivity contribution < 1.29 is 9.59 Å². The molecular formula is C15H28N4O2. The Hall–Kier alpha value is -1.40. The zero-order valence-corrected chi connectivity index (χ0v) is 13.2. The molecule has 1 fully saturated rings. The van der Waals surface area contributed by atoms with E-state index in [0.29, 0.717) is 38.8 Å². The molecule has 1 saturated heterocycles. The Bertz CT molecular complexity index is 352. The lowest BCUT2D eigenvalue weighted by Crippen LogP contribution is -2.53. The molecule has 1 atom stereocenters. The molecule has 0 saturated carbocycles. The Labute approximate surface area is 127 Å². The van der Waals surface area contributed by atoms with Crippen molar-refractivity contribution in [2.45, 2.75) is 26.3 Å². The molecule has 1 aliphatic heterocycles. The molecule has 0 radical (unpaired) electrons. The van der Waals surface area contributed by atoms with Crippen LogP contribution in [0.4, 0.5) is 0 Å². The van der Waals surface area contributed by atoms with Crippen LogP contribution in [-0.4, -0.2) is 73.5 Å². The lowest BCUT2D eigenvalue weighted by atomic mass is 10.2. The number of piperazine rings is 1. The van der Waals surface area contributed by atoms with Gasteiger partial charge in [0.2, 0.25) is 11.8 Å². The van der Waals surface area contributed by atoms with Crippen LogP contribution in [0.1, 0.15) is 20.3 Å². The molecule has 0 aromatic carbocycles. The maximum atomic E-state index is 12.0. The highest BCUT2D eigenvalue weighted by Crippen LogP contribution is 2.02. The summed E-state index contributed by atoms with van der Waals surface area (Å²) in [5, 5.41) is 5.98. The fourth-order valence-corrected chi connectivity index (χ4v) is 2.12. The number of amides is 2. The largest absolute Gasteiger partial charge is 0.352 e. The summed E-state index contributed by atoms with van der Waals surface area (Å²) in [6.45, 7) is 11.9. The van der Waals surface area contributed by atoms with E-state index < -0.39 is 0 Å². The van der Waals surface area contributed by atoms with Crippen LogP contribution in [0, 0.1) is 0 Å². The molecule has 2 N–H and O–H groups in total. The van der Waals surface area contributed by atoms with Gasteiger partial charge in [0, 0.05) is 38.8 Å². The van der Waals surface area contributed by atoms with Gasteiger partial charge in [0.1, 0.15) is 0 Å². The Morgan fingerprint density at radius 1 is 1.29 bits per heavy atom. The zero-order valence-electron chi connectivity index (χ0n) is 13.2. The Balaban J connectivity index is 2.23. The van der Waals surface area contributed by atoms with Gasteiger partial charge in [-0.3, -0.25) is 14.5 Å². The second-order valence-corrected chi connectivity index (χ2v) is 5.44. The Morgan fingerprint density at radius 2 is 1.95 bits per heavy atom. The monoisotopic (exact) mass is 296 g/mol. The van der Waals surface area contributed by atoms with Crippen LogP contribution in [0.2, 0.25) is 0 Å². The average Bonchev–Trinajstić information content (AvgIpc) is 2.50. The van der Waals surface area contributed by atoms with Gasteiger partial charge in [-0.2, -0.15) is 0 Å². The Kier molecular flexibility index (Phi) is 8.00. The molecule has 6 heteroatoms. The quantitative estimate of drug-likeness (QED) is 0.610. The predicted octanol–water partition coefficient (Wildman–Crippen LogP) is -0.179. The third kappa shape index (κ3) is 6.73. The minimum Gasteiger partial charge on any atom is -0.352 e. The number of carbonyl (C=O) groups excluding carboxylic acids is 2. The molecule has 21 heavy (non-hydrogen) atoms. The van der Waals surface area contributed by atoms with Crippen molar-refractivity contribution >= 4 is 11.8 Å². The average molecular weight is 296 g/mol. The smallest absolute Gasteiger partial charge is 0.236 e. The van der Waals surface area contributed by atoms with E-state index >= 15 is 0 Å². The van der Waals surface area contributed by atoms with E-state index in [0.717, 1.165) is 19.5 Å². The zero-order chi connectivity index (χ0) is 15.7. The van der Waals surface area contributed by atoms with Crippen LogP contribution in [0.3, 0.4) is 0 Å². The van der Waals surface area contributed by atoms with Crippen molar-refractivity contribution in [3.05, 3.63) is 12.7 Å². The minimum absolute atomic E-state index is 0.00751. The number of carbonyl (C=O) groups is 2. The first kappa shape index (κ1) is 17.7. The number of nitrogens with one attached hydrogen (secondary N) is 2. The maximum Gasteiger partial charge on any atom is 0.236 e. The Morgan fingerprint density at radius 3 is 2.52 bits per heavy atom. The molecule has 1 unspecified atom stereocenters. The molecule has 2 amide bonds. The van der Waals surface area contributed by atoms with Gasteiger partial charge in [0.25, 0.3) is 0 Å². The van der Waals surface area contributed by atoms with Gasteiger partial charge in [-0.05, 0) is 13.3 Å². The van der Waals surface area contributed by atoms with Gasteiger partial charge in [-0.1, -0.05) is 13.0 Å². The third-order valence-electron chi connectivity index (χ3n) is 3.75. The van der Waals surface area contributed by atoms with Crippen molar-refractivity contribution in [1.82, 2.24) is 20.4 Å². The van der Waals surface area contributed by atoms with Gasteiger partial charge >= 0.3 is 0 Å². The molecular weight excluding hydrogens is 268 g/mol. The van der Waals surface area contributed by atoms with Gasteiger partial charge in [0.05, 0.1) is 13.1 Å². The molecule has 0 aliphatic carbocycles. The summed E-state index contributed by atoms with van der Waals surface area (Å²) in [5.41, 5.74) is 0. The maximum absolute atomic E-state index is 12.0. The first-order valence-electron chi connectivity index (χ1n) is 7.68. The van der Waals surface area contributed by atoms with Crippen LogP contribution in [0.15, 0.2) is 12.7 Å². The number of hydrogen-bond donors (Lipinski definition) is 2. The van der Waals surface area contributed by atoms with Crippen molar-refractivity contribution in [2.75, 3.05) is 45.8 Å². The predicted molar refractivity (Wildman–Crippen MR) is 84.0 cm³/mol. The van der Waals surface area contributed by atoms with E-state index in [2.05, 4.69) is 36.0 Å². The molecule has 0 aromatic heterocycles. The van der Waals surface area contributed by atoms with Crippen LogP contribution in [0.5, 0.6) is 0 Å². The summed E-state index contributed by atoms with van der Waals surface area (Å²) in [7, 11) is 0. The lowest BCUT2D eigenvalue weighted by molar-refractivity contribution is -0.132. The molecule has 0 aromatic rings. The highest BCUT2D eigenvalue weighted by Gasteiger charge is 2.22. The summed E-state index contributed by atoms with van der Waals surface area (Å²) in [6, 6.07) is 0.365. The summed E-state index contributed by atoms with van der Waals surface area (Å²) < 4.78 is 0. The second kappa shape index (κ2) is 9.52. The van der Waals surface area contributed by atoms with Gasteiger partial charge in [-0.25, -0.2) is 0 Å². The fraction of sp³-hybridized carbons (Fsp3) is 0.733. The summed E-state index contributed by atoms with van der Waals surface area (Å²) >= 11 is 0. The minimum atomic E-state index is 0.00751. The lowest BCUT2D eigenvalue weighted by Gasteiger charge is -2.34. The topological polar surface area (TPSA) is 64.7 Å². The van der Waals surface area contributed by atoms with Crippen molar-refractivity contribution in [1.29, 1.82) is 0 Å². The van der Waals surface area contributed by atoms with E-state index in [-0.39, 0.29) is 11.8 Å². The number of rotatable bonds is 8. The van der Waals surface area contributed by atoms with Crippen LogP contribution >= 0.6 is 0 Å². The molecule has 6 nitrogen and oxygen atoms in total. The third-order valence-corrected chi connectivity index (χ3v) is 3.75. The first-order valence-corrected chi connectivity index (χ1v) is 7.68. The summed E-state index contributed by atoms with van der Waals surface area (Å²) in [5.74, 6) is 0.152. The molecule has 0 spiro atoms. The normalized spacial score (nSPS) is 17.3. The standard InChI is InChI=1S/C15H28N4O2/c1-4-6-16-14(20)12-18-7-9-19(10-8-18)15(21)11-17-13(3)5-2/h4,13,17H,1,5-12H2,2-3H3,(H,16,20). The van der Waals surface area contributed by atoms with E-state index in [1.807, 2.05) is 4.90 Å². The molecule has 1 rings (SSSR count). The molecule has 120 valence electrons. The van der Waals surface area contributed by atoms with Crippen molar-refractivity contribution in [3.63, 3.8) is 0 Å². The van der Waals surface area contributed by atoms with Crippen molar-refractivity contribution in [3.8, 4) is 0 Å². The van der Waals surface area contributed by atoms with E-state index in [9.17, 15) is 9.59 Å². The van der Waals surface area contributed by atoms with Crippen LogP contribution < -0.4 is 10.6 Å². The van der Waals surface area contributed by atoms with Crippen LogP contribution in [-0.2, 0) is 9.59 Å². The van der Waals surface area contributed by atoms with Gasteiger partial charge in [0.15, 0.2) is 0 Å². The first-order chi connectivity index (χ1) is 10.1. The van der Waals surface area contributed by atoms with E-state index in [1.54, 1.807) is 6.08 Å². The van der Waals surface area contributed by atoms with Crippen LogP contribution in [0.25, 0.3) is 0 Å². The van der Waals surface area contributed by atoms with Gasteiger partial charge < -0.3 is 15.5 Å². The van der Waals surface area contributed by atoms with Gasteiger partial charge in [-0.15, -0.1) is 6.58 Å². The summed E-state index contributed by atoms with van der Waals surface area (Å²) in [6.07, 6.45) is 2.68. The second-order valence-electron chi connectivity index (χ2n) is 5.44. The molecule has 1 heterocycles. The fourth-order valence-electron chi connectivity index (χ4n) is 2.12. The highest BCUT2D eigenvalue weighted by molar-refractivity contribution is 5.79. The highest BCUT2D eigenvalue weighted by atomic mass is 16.2. The SMILES string of the molecule is C=CCNC(=O)CN1CCN(C(=O)CNC(C)CC)CC1. The van der Waals surface area contributed by atoms with E-state index in [1.165, 1.54) is 0 Å². The molecule has 1 aliphatic rings. The van der Waals surface area contributed by atoms with Crippen molar-refractivity contribution in [2.24, 2.45) is 0 Å². The molecule has 0 bridgehead atoms. The number of nitrogens with zero attached hydrogens (tertiary/aromatic N) is 2.